The van der Waals surface area contributed by atoms with E-state index in [1.165, 1.54) is 36.7 Å². The normalized spacial score (nSPS) is 17.4. The first-order valence-electron chi connectivity index (χ1n) is 8.51. The maximum atomic E-state index is 12.4. The van der Waals surface area contributed by atoms with Crippen LogP contribution in [0.3, 0.4) is 0 Å². The number of anilines is 1. The Kier molecular flexibility index (Phi) is 6.05. The van der Waals surface area contributed by atoms with Crippen LogP contribution in [0.15, 0.2) is 40.6 Å². The molecule has 7 nitrogen and oxygen atoms in total. The van der Waals surface area contributed by atoms with Gasteiger partial charge in [0.2, 0.25) is 10.0 Å². The molecule has 158 valence electrons. The number of hydrogen-bond acceptors (Lipinski definition) is 6. The molecule has 1 amide bonds. The molecule has 1 unspecified atom stereocenters. The highest BCUT2D eigenvalue weighted by molar-refractivity contribution is 7.89. The van der Waals surface area contributed by atoms with Crippen LogP contribution in [0.1, 0.15) is 16.1 Å². The van der Waals surface area contributed by atoms with Crippen molar-refractivity contribution in [3.05, 3.63) is 40.6 Å². The molecule has 2 N–H and O–H groups in total. The van der Waals surface area contributed by atoms with Gasteiger partial charge in [0.15, 0.2) is 0 Å². The van der Waals surface area contributed by atoms with Crippen LogP contribution in [-0.2, 0) is 10.0 Å². The number of nitrogens with one attached hydrogen (secondary N) is 2. The highest BCUT2D eigenvalue weighted by Crippen LogP contribution is 2.28. The fourth-order valence-electron chi connectivity index (χ4n) is 2.94. The number of thiophene rings is 1. The average Bonchev–Trinajstić information content (AvgIpc) is 3.30. The van der Waals surface area contributed by atoms with Crippen molar-refractivity contribution < 1.29 is 31.1 Å². The highest BCUT2D eigenvalue weighted by Gasteiger charge is 2.32. The minimum Gasteiger partial charge on any atom is -0.406 e. The molecule has 0 aliphatic carbocycles. The van der Waals surface area contributed by atoms with E-state index in [0.717, 1.165) is 11.3 Å². The Labute approximate surface area is 169 Å². The summed E-state index contributed by atoms with van der Waals surface area (Å²) in [5.41, 5.74) is 0.557. The number of ether oxygens (including phenoxy) is 1. The molecule has 1 aromatic carbocycles. The average molecular weight is 449 g/mol. The second-order valence-electron chi connectivity index (χ2n) is 6.30. The molecule has 0 spiro atoms. The van der Waals surface area contributed by atoms with Crippen LogP contribution in [-0.4, -0.2) is 46.9 Å². The van der Waals surface area contributed by atoms with E-state index < -0.39 is 22.3 Å². The Bertz CT molecular complexity index is 992. The van der Waals surface area contributed by atoms with E-state index in [9.17, 15) is 26.4 Å². The smallest absolute Gasteiger partial charge is 0.406 e. The number of carbonyl (C=O) groups is 1. The van der Waals surface area contributed by atoms with Gasteiger partial charge in [0.05, 0.1) is 9.77 Å². The van der Waals surface area contributed by atoms with E-state index in [-0.39, 0.29) is 21.6 Å². The van der Waals surface area contributed by atoms with Gasteiger partial charge in [-0.25, -0.2) is 13.1 Å². The second kappa shape index (κ2) is 8.20. The molecule has 0 radical (unpaired) electrons. The number of nitrogens with zero attached hydrogens (tertiary/aromatic N) is 1. The monoisotopic (exact) mass is 449 g/mol. The second-order valence-corrected chi connectivity index (χ2v) is 9.10. The van der Waals surface area contributed by atoms with E-state index in [4.69, 9.17) is 0 Å². The van der Waals surface area contributed by atoms with Gasteiger partial charge in [0.25, 0.3) is 5.91 Å². The zero-order valence-corrected chi connectivity index (χ0v) is 16.8. The Hall–Kier alpha value is -2.31. The van der Waals surface area contributed by atoms with Crippen molar-refractivity contribution in [2.45, 2.75) is 23.7 Å². The highest BCUT2D eigenvalue weighted by atomic mass is 32.2. The molecule has 2 heterocycles. The number of amides is 1. The van der Waals surface area contributed by atoms with Gasteiger partial charge in [-0.1, -0.05) is 6.07 Å². The van der Waals surface area contributed by atoms with Gasteiger partial charge >= 0.3 is 6.36 Å². The number of hydrogen-bond donors (Lipinski definition) is 2. The van der Waals surface area contributed by atoms with Crippen molar-refractivity contribution in [2.75, 3.05) is 25.0 Å². The number of sulfonamides is 1. The van der Waals surface area contributed by atoms with Gasteiger partial charge in [-0.05, 0) is 31.7 Å². The van der Waals surface area contributed by atoms with E-state index in [2.05, 4.69) is 14.8 Å². The predicted molar refractivity (Wildman–Crippen MR) is 102 cm³/mol. The number of halogens is 3. The molecule has 29 heavy (non-hydrogen) atoms. The molecular weight excluding hydrogens is 431 g/mol. The van der Waals surface area contributed by atoms with Gasteiger partial charge in [0, 0.05) is 36.3 Å². The van der Waals surface area contributed by atoms with E-state index in [0.29, 0.717) is 25.2 Å². The number of rotatable bonds is 6. The van der Waals surface area contributed by atoms with Crippen LogP contribution in [0, 0.1) is 0 Å². The lowest BCUT2D eigenvalue weighted by molar-refractivity contribution is -0.274. The third-order valence-electron chi connectivity index (χ3n) is 4.32. The molecule has 3 rings (SSSR count). The first kappa shape index (κ1) is 21.4. The summed E-state index contributed by atoms with van der Waals surface area (Å²) in [6.07, 6.45) is -4.16. The summed E-state index contributed by atoms with van der Waals surface area (Å²) in [6, 6.07) is 6.74. The van der Waals surface area contributed by atoms with Crippen molar-refractivity contribution in [1.82, 2.24) is 10.0 Å². The third-order valence-corrected chi connectivity index (χ3v) is 6.79. The number of benzene rings is 1. The molecule has 1 fully saturated rings. The Morgan fingerprint density at radius 1 is 1.31 bits per heavy atom. The fraction of sp³-hybridized carbons (Fsp3) is 0.353. The zero-order valence-electron chi connectivity index (χ0n) is 15.2. The molecule has 1 saturated heterocycles. The summed E-state index contributed by atoms with van der Waals surface area (Å²) in [5, 5.41) is 4.22. The Balaban J connectivity index is 1.62. The van der Waals surface area contributed by atoms with Crippen molar-refractivity contribution in [3.63, 3.8) is 0 Å². The van der Waals surface area contributed by atoms with E-state index >= 15 is 0 Å². The van der Waals surface area contributed by atoms with Gasteiger partial charge in [0.1, 0.15) is 5.75 Å². The van der Waals surface area contributed by atoms with E-state index in [1.807, 2.05) is 4.90 Å². The lowest BCUT2D eigenvalue weighted by Gasteiger charge is -2.20. The SMILES string of the molecule is CNS(=O)(=O)c1csc(C(=O)NC2CCN(c3cccc(OC(F)(F)F)c3)C2)c1. The largest absolute Gasteiger partial charge is 0.573 e. The number of alkyl halides is 3. The summed E-state index contributed by atoms with van der Waals surface area (Å²) < 4.78 is 66.8. The van der Waals surface area contributed by atoms with Gasteiger partial charge < -0.3 is 15.0 Å². The van der Waals surface area contributed by atoms with Crippen LogP contribution in [0.2, 0.25) is 0 Å². The maximum Gasteiger partial charge on any atom is 0.573 e. The molecule has 1 aliphatic heterocycles. The summed E-state index contributed by atoms with van der Waals surface area (Å²) >= 11 is 1.02. The molecule has 1 atom stereocenters. The molecule has 1 aliphatic rings. The van der Waals surface area contributed by atoms with Crippen LogP contribution in [0.25, 0.3) is 0 Å². The third kappa shape index (κ3) is 5.40. The van der Waals surface area contributed by atoms with Gasteiger partial charge in [-0.3, -0.25) is 4.79 Å². The number of carbonyl (C=O) groups excluding carboxylic acids is 1. The first-order valence-corrected chi connectivity index (χ1v) is 10.9. The summed E-state index contributed by atoms with van der Waals surface area (Å²) in [5.74, 6) is -0.701. The Morgan fingerprint density at radius 2 is 2.07 bits per heavy atom. The lowest BCUT2D eigenvalue weighted by Crippen LogP contribution is -2.36. The molecule has 1 aromatic heterocycles. The molecule has 0 saturated carbocycles. The van der Waals surface area contributed by atoms with Gasteiger partial charge in [-0.2, -0.15) is 0 Å². The summed E-state index contributed by atoms with van der Waals surface area (Å²) in [7, 11) is -2.33. The topological polar surface area (TPSA) is 87.7 Å². The minimum absolute atomic E-state index is 0.0182. The minimum atomic E-state index is -4.76. The van der Waals surface area contributed by atoms with Crippen molar-refractivity contribution in [1.29, 1.82) is 0 Å². The summed E-state index contributed by atoms with van der Waals surface area (Å²) in [4.78, 5) is 14.5. The van der Waals surface area contributed by atoms with Gasteiger partial charge in [-0.15, -0.1) is 24.5 Å². The zero-order chi connectivity index (χ0) is 21.2. The molecular formula is C17H18F3N3O4S2. The van der Waals surface area contributed by atoms with Crippen LogP contribution < -0.4 is 19.7 Å². The van der Waals surface area contributed by atoms with Crippen LogP contribution >= 0.6 is 11.3 Å². The quantitative estimate of drug-likeness (QED) is 0.708. The van der Waals surface area contributed by atoms with Crippen molar-refractivity contribution in [3.8, 4) is 5.75 Å². The van der Waals surface area contributed by atoms with Crippen molar-refractivity contribution >= 4 is 33.0 Å². The van der Waals surface area contributed by atoms with Crippen LogP contribution in [0.4, 0.5) is 18.9 Å². The first-order chi connectivity index (χ1) is 13.6. The maximum absolute atomic E-state index is 12.4. The fourth-order valence-corrected chi connectivity index (χ4v) is 4.85. The van der Waals surface area contributed by atoms with Crippen molar-refractivity contribution in [2.24, 2.45) is 0 Å². The molecule has 0 bridgehead atoms. The predicted octanol–water partition coefficient (Wildman–Crippen LogP) is 2.56. The van der Waals surface area contributed by atoms with E-state index in [1.54, 1.807) is 6.07 Å². The standard InChI is InChI=1S/C17H18F3N3O4S2/c1-21-29(25,26)14-8-15(28-10-14)16(24)22-11-5-6-23(9-11)12-3-2-4-13(7-12)27-17(18,19)20/h2-4,7-8,10-11,21H,5-6,9H2,1H3,(H,22,24). The summed E-state index contributed by atoms with van der Waals surface area (Å²) in [6.45, 7) is 0.957. The molecule has 12 heteroatoms. The van der Waals surface area contributed by atoms with Crippen LogP contribution in [0.5, 0.6) is 5.75 Å². The lowest BCUT2D eigenvalue weighted by atomic mass is 10.2. The Morgan fingerprint density at radius 3 is 2.76 bits per heavy atom. The molecule has 2 aromatic rings.